The van der Waals surface area contributed by atoms with Crippen molar-refractivity contribution < 1.29 is 9.59 Å². The molecule has 3 aliphatic rings. The van der Waals surface area contributed by atoms with Crippen LogP contribution in [-0.4, -0.2) is 11.8 Å². The average molecular weight is 309 g/mol. The summed E-state index contributed by atoms with van der Waals surface area (Å²) in [6.07, 6.45) is 3.09. The Kier molecular flexibility index (Phi) is 3.22. The fourth-order valence-electron chi connectivity index (χ4n) is 5.13. The van der Waals surface area contributed by atoms with Crippen molar-refractivity contribution in [2.45, 2.75) is 40.0 Å². The summed E-state index contributed by atoms with van der Waals surface area (Å²) in [6, 6.07) is 7.86. The lowest BCUT2D eigenvalue weighted by Gasteiger charge is -2.19. The van der Waals surface area contributed by atoms with Crippen molar-refractivity contribution in [1.82, 2.24) is 0 Å². The summed E-state index contributed by atoms with van der Waals surface area (Å²) in [5.74, 6) is 0.414. The van der Waals surface area contributed by atoms with Crippen molar-refractivity contribution in [2.75, 3.05) is 4.90 Å². The van der Waals surface area contributed by atoms with Crippen LogP contribution in [0.1, 0.15) is 39.2 Å². The van der Waals surface area contributed by atoms with E-state index in [-0.39, 0.29) is 23.7 Å². The van der Waals surface area contributed by atoms with Crippen LogP contribution in [0, 0.1) is 23.7 Å². The topological polar surface area (TPSA) is 37.4 Å². The summed E-state index contributed by atoms with van der Waals surface area (Å²) in [7, 11) is 0. The molecule has 23 heavy (non-hydrogen) atoms. The number of amides is 2. The van der Waals surface area contributed by atoms with Gasteiger partial charge in [0.2, 0.25) is 11.8 Å². The second-order valence-corrected chi connectivity index (χ2v) is 7.33. The van der Waals surface area contributed by atoms with Crippen molar-refractivity contribution in [3.05, 3.63) is 41.0 Å². The first-order valence-corrected chi connectivity index (χ1v) is 8.68. The van der Waals surface area contributed by atoms with E-state index >= 15 is 0 Å². The molecule has 120 valence electrons. The Morgan fingerprint density at radius 2 is 1.52 bits per heavy atom. The molecule has 1 aliphatic heterocycles. The van der Waals surface area contributed by atoms with Crippen molar-refractivity contribution in [2.24, 2.45) is 23.7 Å². The number of allylic oxidation sites excluding steroid dienone is 2. The fourth-order valence-corrected chi connectivity index (χ4v) is 5.13. The molecule has 4 atom stereocenters. The maximum atomic E-state index is 13.0. The first kappa shape index (κ1) is 14.7. The van der Waals surface area contributed by atoms with Gasteiger partial charge in [0.25, 0.3) is 0 Å². The number of fused-ring (bicyclic) bond motifs is 5. The Labute approximate surface area is 137 Å². The lowest BCUT2D eigenvalue weighted by atomic mass is 9.81. The Morgan fingerprint density at radius 1 is 1.00 bits per heavy atom. The molecule has 2 bridgehead atoms. The predicted octanol–water partition coefficient (Wildman–Crippen LogP) is 3.73. The molecule has 2 aliphatic carbocycles. The number of hydrogen-bond donors (Lipinski definition) is 0. The zero-order valence-corrected chi connectivity index (χ0v) is 14.0. The number of imide groups is 1. The van der Waals surface area contributed by atoms with Crippen LogP contribution in [0.4, 0.5) is 5.69 Å². The second-order valence-electron chi connectivity index (χ2n) is 7.33. The molecule has 1 aromatic carbocycles. The molecule has 1 aromatic rings. The summed E-state index contributed by atoms with van der Waals surface area (Å²) < 4.78 is 0. The van der Waals surface area contributed by atoms with Gasteiger partial charge in [-0.2, -0.15) is 0 Å². The minimum absolute atomic E-state index is 0.0233. The predicted molar refractivity (Wildman–Crippen MR) is 89.9 cm³/mol. The SMILES string of the molecule is CCc1ccc(N2C(=O)[C@@H]3[C@H](C2=O)[C@H]2CC[C@@H]3C2=C(C)C)cc1. The zero-order chi connectivity index (χ0) is 16.3. The first-order chi connectivity index (χ1) is 11.0. The number of carbonyl (C=O) groups is 2. The Hall–Kier alpha value is -1.90. The largest absolute Gasteiger partial charge is 0.274 e. The molecular formula is C20H23NO2. The smallest absolute Gasteiger partial charge is 0.238 e. The summed E-state index contributed by atoms with van der Waals surface area (Å²) in [4.78, 5) is 27.4. The quantitative estimate of drug-likeness (QED) is 0.616. The third-order valence-corrected chi connectivity index (χ3v) is 6.03. The highest BCUT2D eigenvalue weighted by Crippen LogP contribution is 2.60. The van der Waals surface area contributed by atoms with Crippen molar-refractivity contribution in [3.8, 4) is 0 Å². The number of nitrogens with zero attached hydrogens (tertiary/aromatic N) is 1. The van der Waals surface area contributed by atoms with Gasteiger partial charge in [0, 0.05) is 0 Å². The molecule has 0 aromatic heterocycles. The Balaban J connectivity index is 1.71. The van der Waals surface area contributed by atoms with Gasteiger partial charge in [-0.3, -0.25) is 14.5 Å². The standard InChI is InChI=1S/C20H23NO2/c1-4-12-5-7-13(8-6-12)21-19(22)17-14-9-10-15(16(14)11(2)3)18(17)20(21)23/h5-8,14-15,17-18H,4,9-10H2,1-3H3/t14-,15+,17+,18-. The summed E-state index contributed by atoms with van der Waals surface area (Å²) >= 11 is 0. The van der Waals surface area contributed by atoms with Crippen LogP contribution in [0.25, 0.3) is 0 Å². The van der Waals surface area contributed by atoms with E-state index in [0.29, 0.717) is 11.8 Å². The number of carbonyl (C=O) groups excluding carboxylic acids is 2. The third kappa shape index (κ3) is 1.89. The van der Waals surface area contributed by atoms with E-state index in [1.165, 1.54) is 21.6 Å². The van der Waals surface area contributed by atoms with Crippen LogP contribution in [0.5, 0.6) is 0 Å². The number of hydrogen-bond acceptors (Lipinski definition) is 2. The number of anilines is 1. The molecule has 3 nitrogen and oxygen atoms in total. The normalized spacial score (nSPS) is 32.0. The monoisotopic (exact) mass is 309 g/mol. The Bertz CT molecular complexity index is 680. The van der Waals surface area contributed by atoms with Gasteiger partial charge in [-0.05, 0) is 62.6 Å². The molecule has 2 amide bonds. The van der Waals surface area contributed by atoms with Crippen LogP contribution in [0.15, 0.2) is 35.4 Å². The van der Waals surface area contributed by atoms with Crippen molar-refractivity contribution in [3.63, 3.8) is 0 Å². The highest BCUT2D eigenvalue weighted by Gasteiger charge is 2.63. The van der Waals surface area contributed by atoms with Crippen LogP contribution in [0.2, 0.25) is 0 Å². The number of rotatable bonds is 2. The highest BCUT2D eigenvalue weighted by atomic mass is 16.2. The van der Waals surface area contributed by atoms with Crippen LogP contribution < -0.4 is 4.90 Å². The molecule has 4 rings (SSSR count). The summed E-state index contributed by atoms with van der Waals surface area (Å²) in [5.41, 5.74) is 4.68. The molecule has 0 radical (unpaired) electrons. The van der Waals surface area contributed by atoms with E-state index in [9.17, 15) is 9.59 Å². The van der Waals surface area contributed by atoms with E-state index in [1.54, 1.807) is 0 Å². The highest BCUT2D eigenvalue weighted by molar-refractivity contribution is 6.23. The van der Waals surface area contributed by atoms with Gasteiger partial charge in [0.05, 0.1) is 17.5 Å². The second kappa shape index (κ2) is 5.05. The molecule has 0 unspecified atom stereocenters. The van der Waals surface area contributed by atoms with Crippen LogP contribution in [-0.2, 0) is 16.0 Å². The molecule has 1 saturated heterocycles. The lowest BCUT2D eigenvalue weighted by molar-refractivity contribution is -0.123. The van der Waals surface area contributed by atoms with Gasteiger partial charge < -0.3 is 0 Å². The van der Waals surface area contributed by atoms with Crippen LogP contribution in [0.3, 0.4) is 0 Å². The maximum absolute atomic E-state index is 13.0. The van der Waals surface area contributed by atoms with Gasteiger partial charge in [-0.25, -0.2) is 0 Å². The molecule has 0 spiro atoms. The third-order valence-electron chi connectivity index (χ3n) is 6.03. The summed E-state index contributed by atoms with van der Waals surface area (Å²) in [5, 5.41) is 0. The number of benzene rings is 1. The minimum Gasteiger partial charge on any atom is -0.274 e. The van der Waals surface area contributed by atoms with Gasteiger partial charge in [-0.15, -0.1) is 0 Å². The molecule has 2 saturated carbocycles. The molecule has 1 heterocycles. The van der Waals surface area contributed by atoms with Crippen molar-refractivity contribution >= 4 is 17.5 Å². The number of aryl methyl sites for hydroxylation is 1. The van der Waals surface area contributed by atoms with E-state index in [0.717, 1.165) is 24.9 Å². The molecule has 0 N–H and O–H groups in total. The molecule has 3 heteroatoms. The fraction of sp³-hybridized carbons (Fsp3) is 0.500. The van der Waals surface area contributed by atoms with E-state index in [1.807, 2.05) is 24.3 Å². The van der Waals surface area contributed by atoms with Crippen molar-refractivity contribution in [1.29, 1.82) is 0 Å². The van der Waals surface area contributed by atoms with Gasteiger partial charge in [0.15, 0.2) is 0 Å². The average Bonchev–Trinajstić information content (AvgIpc) is 3.18. The molecular weight excluding hydrogens is 286 g/mol. The van der Waals surface area contributed by atoms with Gasteiger partial charge in [-0.1, -0.05) is 30.2 Å². The zero-order valence-electron chi connectivity index (χ0n) is 14.0. The van der Waals surface area contributed by atoms with Gasteiger partial charge in [0.1, 0.15) is 0 Å². The lowest BCUT2D eigenvalue weighted by Crippen LogP contribution is -2.33. The Morgan fingerprint density at radius 3 is 1.96 bits per heavy atom. The van der Waals surface area contributed by atoms with Gasteiger partial charge >= 0.3 is 0 Å². The van der Waals surface area contributed by atoms with E-state index < -0.39 is 0 Å². The maximum Gasteiger partial charge on any atom is 0.238 e. The van der Waals surface area contributed by atoms with Crippen LogP contribution >= 0.6 is 0 Å². The minimum atomic E-state index is -0.114. The first-order valence-electron chi connectivity index (χ1n) is 8.68. The molecule has 3 fully saturated rings. The van der Waals surface area contributed by atoms with E-state index in [4.69, 9.17) is 0 Å². The van der Waals surface area contributed by atoms with E-state index in [2.05, 4.69) is 20.8 Å². The summed E-state index contributed by atoms with van der Waals surface area (Å²) in [6.45, 7) is 6.35.